The van der Waals surface area contributed by atoms with Crippen LogP contribution >= 0.6 is 11.6 Å². The number of hydrogen-bond donors (Lipinski definition) is 1. The molecule has 0 radical (unpaired) electrons. The summed E-state index contributed by atoms with van der Waals surface area (Å²) in [5.41, 5.74) is -0.449. The molecule has 0 saturated carbocycles. The van der Waals surface area contributed by atoms with E-state index in [0.29, 0.717) is 6.54 Å². The molecule has 0 aliphatic heterocycles. The fourth-order valence-corrected chi connectivity index (χ4v) is 1.33. The second kappa shape index (κ2) is 6.27. The summed E-state index contributed by atoms with van der Waals surface area (Å²) in [7, 11) is 0. The van der Waals surface area contributed by atoms with Crippen molar-refractivity contribution >= 4 is 17.5 Å². The van der Waals surface area contributed by atoms with Crippen molar-refractivity contribution in [2.75, 3.05) is 6.54 Å². The third-order valence-electron chi connectivity index (χ3n) is 2.04. The Morgan fingerprint density at radius 3 is 3.06 bits per heavy atom. The highest BCUT2D eigenvalue weighted by Gasteiger charge is 2.05. The molecule has 1 aromatic rings. The maximum absolute atomic E-state index is 11.4. The van der Waals surface area contributed by atoms with Crippen molar-refractivity contribution in [3.05, 3.63) is 27.9 Å². The van der Waals surface area contributed by atoms with Crippen molar-refractivity contribution in [2.24, 2.45) is 0 Å². The molecule has 6 heteroatoms. The van der Waals surface area contributed by atoms with Crippen molar-refractivity contribution in [3.8, 4) is 0 Å². The van der Waals surface area contributed by atoms with Gasteiger partial charge in [-0.1, -0.05) is 24.9 Å². The maximum Gasteiger partial charge on any atom is 0.288 e. The minimum atomic E-state index is -0.449. The molecule has 0 unspecified atom stereocenters. The van der Waals surface area contributed by atoms with E-state index in [9.17, 15) is 9.59 Å². The van der Waals surface area contributed by atoms with Crippen LogP contribution in [0, 0.1) is 0 Å². The standard InChI is InChI=1S/C10H14ClN3O2/c1-2-3-4-12-8(15)7-14-6-5-13-9(11)10(14)16/h5-6H,2-4,7H2,1H3,(H,12,15). The number of rotatable bonds is 5. The van der Waals surface area contributed by atoms with Gasteiger partial charge in [0.05, 0.1) is 0 Å². The normalized spacial score (nSPS) is 10.1. The Balaban J connectivity index is 2.56. The summed E-state index contributed by atoms with van der Waals surface area (Å²) < 4.78 is 1.23. The highest BCUT2D eigenvalue weighted by molar-refractivity contribution is 6.29. The number of carbonyl (C=O) groups is 1. The lowest BCUT2D eigenvalue weighted by Gasteiger charge is -2.06. The van der Waals surface area contributed by atoms with Crippen LogP contribution in [0.2, 0.25) is 5.15 Å². The van der Waals surface area contributed by atoms with Crippen molar-refractivity contribution in [1.82, 2.24) is 14.9 Å². The molecular weight excluding hydrogens is 230 g/mol. The van der Waals surface area contributed by atoms with Gasteiger partial charge in [0.1, 0.15) is 6.54 Å². The molecule has 0 aromatic carbocycles. The van der Waals surface area contributed by atoms with Crippen LogP contribution in [0.15, 0.2) is 17.2 Å². The highest BCUT2D eigenvalue weighted by atomic mass is 35.5. The van der Waals surface area contributed by atoms with Crippen molar-refractivity contribution < 1.29 is 4.79 Å². The molecule has 16 heavy (non-hydrogen) atoms. The van der Waals surface area contributed by atoms with E-state index >= 15 is 0 Å². The van der Waals surface area contributed by atoms with Crippen LogP contribution in [-0.2, 0) is 11.3 Å². The summed E-state index contributed by atoms with van der Waals surface area (Å²) in [5, 5.41) is 2.60. The van der Waals surface area contributed by atoms with Gasteiger partial charge >= 0.3 is 0 Å². The average molecular weight is 244 g/mol. The van der Waals surface area contributed by atoms with Gasteiger partial charge in [-0.3, -0.25) is 9.59 Å². The van der Waals surface area contributed by atoms with E-state index in [-0.39, 0.29) is 17.6 Å². The molecular formula is C10H14ClN3O2. The number of nitrogens with one attached hydrogen (secondary N) is 1. The Morgan fingerprint density at radius 2 is 2.38 bits per heavy atom. The van der Waals surface area contributed by atoms with Gasteiger partial charge in [-0.05, 0) is 6.42 Å². The van der Waals surface area contributed by atoms with Gasteiger partial charge in [0.15, 0.2) is 5.15 Å². The Labute approximate surface area is 98.4 Å². The van der Waals surface area contributed by atoms with Gasteiger partial charge in [-0.15, -0.1) is 0 Å². The summed E-state index contributed by atoms with van der Waals surface area (Å²) >= 11 is 5.55. The second-order valence-electron chi connectivity index (χ2n) is 3.35. The Hall–Kier alpha value is -1.36. The number of nitrogens with zero attached hydrogens (tertiary/aromatic N) is 2. The molecule has 88 valence electrons. The van der Waals surface area contributed by atoms with E-state index < -0.39 is 5.56 Å². The number of halogens is 1. The lowest BCUT2D eigenvalue weighted by molar-refractivity contribution is -0.121. The predicted octanol–water partition coefficient (Wildman–Crippen LogP) is 0.813. The van der Waals surface area contributed by atoms with Crippen LogP contribution in [0.4, 0.5) is 0 Å². The molecule has 1 amide bonds. The molecule has 0 spiro atoms. The van der Waals surface area contributed by atoms with Gasteiger partial charge < -0.3 is 9.88 Å². The van der Waals surface area contributed by atoms with Crippen LogP contribution in [0.5, 0.6) is 0 Å². The maximum atomic E-state index is 11.4. The van der Waals surface area contributed by atoms with Crippen molar-refractivity contribution in [2.45, 2.75) is 26.3 Å². The van der Waals surface area contributed by atoms with E-state index in [1.165, 1.54) is 17.0 Å². The highest BCUT2D eigenvalue weighted by Crippen LogP contribution is 1.93. The molecule has 0 atom stereocenters. The van der Waals surface area contributed by atoms with Crippen molar-refractivity contribution in [1.29, 1.82) is 0 Å². The van der Waals surface area contributed by atoms with Crippen LogP contribution in [0.25, 0.3) is 0 Å². The fourth-order valence-electron chi connectivity index (χ4n) is 1.16. The number of unbranched alkanes of at least 4 members (excludes halogenated alkanes) is 1. The molecule has 1 rings (SSSR count). The molecule has 5 nitrogen and oxygen atoms in total. The summed E-state index contributed by atoms with van der Waals surface area (Å²) in [6.45, 7) is 2.65. The van der Waals surface area contributed by atoms with Gasteiger partial charge in [-0.2, -0.15) is 0 Å². The first-order valence-electron chi connectivity index (χ1n) is 5.12. The number of carbonyl (C=O) groups excluding carboxylic acids is 1. The van der Waals surface area contributed by atoms with Crippen LogP contribution in [-0.4, -0.2) is 22.0 Å². The lowest BCUT2D eigenvalue weighted by atomic mass is 10.3. The van der Waals surface area contributed by atoms with Gasteiger partial charge in [-0.25, -0.2) is 4.98 Å². The third kappa shape index (κ3) is 3.66. The molecule has 0 saturated heterocycles. The van der Waals surface area contributed by atoms with E-state index in [4.69, 9.17) is 11.6 Å². The minimum Gasteiger partial charge on any atom is -0.355 e. The molecule has 0 fully saturated rings. The zero-order valence-corrected chi connectivity index (χ0v) is 9.83. The molecule has 1 N–H and O–H groups in total. The summed E-state index contributed by atoms with van der Waals surface area (Å²) in [6.07, 6.45) is 4.77. The van der Waals surface area contributed by atoms with Gasteiger partial charge in [0.25, 0.3) is 5.56 Å². The van der Waals surface area contributed by atoms with Crippen molar-refractivity contribution in [3.63, 3.8) is 0 Å². The molecule has 0 aliphatic rings. The molecule has 0 aliphatic carbocycles. The Bertz CT molecular complexity index is 417. The second-order valence-corrected chi connectivity index (χ2v) is 3.71. The summed E-state index contributed by atoms with van der Waals surface area (Å²) in [5.74, 6) is -0.196. The zero-order chi connectivity index (χ0) is 12.0. The Morgan fingerprint density at radius 1 is 1.62 bits per heavy atom. The Kier molecular flexibility index (Phi) is 4.98. The zero-order valence-electron chi connectivity index (χ0n) is 9.07. The molecule has 1 aromatic heterocycles. The lowest BCUT2D eigenvalue weighted by Crippen LogP contribution is -2.32. The number of aromatic nitrogens is 2. The van der Waals surface area contributed by atoms with Crippen LogP contribution in [0.3, 0.4) is 0 Å². The van der Waals surface area contributed by atoms with E-state index in [2.05, 4.69) is 10.3 Å². The van der Waals surface area contributed by atoms with Gasteiger partial charge in [0.2, 0.25) is 5.91 Å². The first kappa shape index (κ1) is 12.7. The topological polar surface area (TPSA) is 64.0 Å². The smallest absolute Gasteiger partial charge is 0.288 e. The SMILES string of the molecule is CCCCNC(=O)Cn1ccnc(Cl)c1=O. The molecule has 1 heterocycles. The fraction of sp³-hybridized carbons (Fsp3) is 0.500. The minimum absolute atomic E-state index is 0.0230. The number of amides is 1. The monoisotopic (exact) mass is 243 g/mol. The average Bonchev–Trinajstić information content (AvgIpc) is 2.25. The third-order valence-corrected chi connectivity index (χ3v) is 2.30. The first-order valence-corrected chi connectivity index (χ1v) is 5.50. The van der Waals surface area contributed by atoms with Gasteiger partial charge in [0, 0.05) is 18.9 Å². The molecule has 0 bridgehead atoms. The quantitative estimate of drug-likeness (QED) is 0.779. The predicted molar refractivity (Wildman–Crippen MR) is 61.4 cm³/mol. The van der Waals surface area contributed by atoms with Crippen LogP contribution in [0.1, 0.15) is 19.8 Å². The number of hydrogen-bond acceptors (Lipinski definition) is 3. The summed E-state index contributed by atoms with van der Waals surface area (Å²) in [6, 6.07) is 0. The largest absolute Gasteiger partial charge is 0.355 e. The van der Waals surface area contributed by atoms with E-state index in [1.807, 2.05) is 6.92 Å². The summed E-state index contributed by atoms with van der Waals surface area (Å²) in [4.78, 5) is 26.5. The first-order chi connectivity index (χ1) is 7.65. The van der Waals surface area contributed by atoms with E-state index in [1.54, 1.807) is 0 Å². The van der Waals surface area contributed by atoms with Crippen LogP contribution < -0.4 is 10.9 Å². The van der Waals surface area contributed by atoms with E-state index in [0.717, 1.165) is 12.8 Å².